The van der Waals surface area contributed by atoms with Gasteiger partial charge in [0.2, 0.25) is 0 Å². The highest BCUT2D eigenvalue weighted by atomic mass is 16.5. The Bertz CT molecular complexity index is 932. The molecule has 6 heteroatoms. The quantitative estimate of drug-likeness (QED) is 0.712. The van der Waals surface area contributed by atoms with Crippen molar-refractivity contribution in [2.75, 3.05) is 40.4 Å². The lowest BCUT2D eigenvalue weighted by Gasteiger charge is -2.32. The molecule has 1 N–H and O–H groups in total. The number of piperidine rings is 1. The minimum atomic E-state index is -0.0751. The number of aliphatic imine (C=N–C) groups is 1. The van der Waals surface area contributed by atoms with Crippen LogP contribution >= 0.6 is 0 Å². The van der Waals surface area contributed by atoms with Gasteiger partial charge in [-0.1, -0.05) is 18.2 Å². The van der Waals surface area contributed by atoms with Gasteiger partial charge in [0.25, 0.3) is 5.91 Å². The summed E-state index contributed by atoms with van der Waals surface area (Å²) in [5.41, 5.74) is 3.84. The first-order chi connectivity index (χ1) is 15.2. The second kappa shape index (κ2) is 9.96. The molecule has 2 aliphatic rings. The smallest absolute Gasteiger partial charge is 0.270 e. The lowest BCUT2D eigenvalue weighted by atomic mass is 9.96. The molecule has 0 saturated carbocycles. The molecule has 0 atom stereocenters. The summed E-state index contributed by atoms with van der Waals surface area (Å²) >= 11 is 0. The Balaban J connectivity index is 1.20. The van der Waals surface area contributed by atoms with E-state index in [0.29, 0.717) is 24.7 Å². The third kappa shape index (κ3) is 5.25. The van der Waals surface area contributed by atoms with Crippen molar-refractivity contribution in [3.05, 3.63) is 59.2 Å². The number of benzene rings is 2. The predicted octanol–water partition coefficient (Wildman–Crippen LogP) is 3.08. The molecule has 2 aromatic carbocycles. The molecule has 2 heterocycles. The molecule has 0 aromatic heterocycles. The highest BCUT2D eigenvalue weighted by Gasteiger charge is 2.24. The van der Waals surface area contributed by atoms with Crippen molar-refractivity contribution in [2.45, 2.75) is 25.8 Å². The third-order valence-electron chi connectivity index (χ3n) is 6.33. The number of methoxy groups -OCH3 is 2. The number of fused-ring (bicyclic) bond motifs is 1. The zero-order chi connectivity index (χ0) is 21.6. The first kappa shape index (κ1) is 21.4. The maximum atomic E-state index is 12.7. The Morgan fingerprint density at radius 2 is 1.77 bits per heavy atom. The van der Waals surface area contributed by atoms with Gasteiger partial charge in [0.05, 0.1) is 20.8 Å². The van der Waals surface area contributed by atoms with E-state index in [0.717, 1.165) is 61.5 Å². The SMILES string of the molecule is COc1ccc(CCN2CCC(CNC(=O)C3=NCc4ccc(OC)cc43)CC2)cc1. The highest BCUT2D eigenvalue weighted by molar-refractivity contribution is 6.46. The maximum Gasteiger partial charge on any atom is 0.270 e. The number of hydrogen-bond donors (Lipinski definition) is 1. The minimum absolute atomic E-state index is 0.0751. The highest BCUT2D eigenvalue weighted by Crippen LogP contribution is 2.24. The fraction of sp³-hybridized carbons (Fsp3) is 0.440. The standard InChI is InChI=1S/C25H31N3O3/c1-30-21-6-3-18(4-7-21)9-12-28-13-10-19(11-14-28)16-27-25(29)24-23-15-22(31-2)8-5-20(23)17-26-24/h3-8,15,19H,9-14,16-17H2,1-2H3,(H,27,29). The fourth-order valence-corrected chi connectivity index (χ4v) is 4.30. The molecule has 31 heavy (non-hydrogen) atoms. The molecule has 2 aromatic rings. The van der Waals surface area contributed by atoms with E-state index in [-0.39, 0.29) is 5.91 Å². The van der Waals surface area contributed by atoms with Crippen LogP contribution in [0.15, 0.2) is 47.5 Å². The van der Waals surface area contributed by atoms with E-state index in [9.17, 15) is 4.79 Å². The maximum absolute atomic E-state index is 12.7. The lowest BCUT2D eigenvalue weighted by Crippen LogP contribution is -2.40. The number of amides is 1. The summed E-state index contributed by atoms with van der Waals surface area (Å²) in [4.78, 5) is 19.7. The van der Waals surface area contributed by atoms with E-state index < -0.39 is 0 Å². The Kier molecular flexibility index (Phi) is 6.87. The van der Waals surface area contributed by atoms with Crippen LogP contribution in [0, 0.1) is 5.92 Å². The molecular formula is C25H31N3O3. The van der Waals surface area contributed by atoms with Gasteiger partial charge in [0.1, 0.15) is 17.2 Å². The van der Waals surface area contributed by atoms with E-state index in [1.807, 2.05) is 30.3 Å². The van der Waals surface area contributed by atoms with Crippen molar-refractivity contribution in [3.63, 3.8) is 0 Å². The van der Waals surface area contributed by atoms with E-state index in [2.05, 4.69) is 27.3 Å². The van der Waals surface area contributed by atoms with Crippen LogP contribution in [-0.2, 0) is 17.8 Å². The number of nitrogens with zero attached hydrogens (tertiary/aromatic N) is 2. The van der Waals surface area contributed by atoms with Crippen LogP contribution in [-0.4, -0.2) is 56.9 Å². The number of carbonyl (C=O) groups excluding carboxylic acids is 1. The van der Waals surface area contributed by atoms with Gasteiger partial charge < -0.3 is 19.7 Å². The normalized spacial score (nSPS) is 16.5. The van der Waals surface area contributed by atoms with Crippen molar-refractivity contribution in [1.82, 2.24) is 10.2 Å². The van der Waals surface area contributed by atoms with Gasteiger partial charge in [-0.2, -0.15) is 0 Å². The van der Waals surface area contributed by atoms with Gasteiger partial charge in [-0.3, -0.25) is 9.79 Å². The molecule has 2 aliphatic heterocycles. The Hall–Kier alpha value is -2.86. The van der Waals surface area contributed by atoms with Gasteiger partial charge in [-0.15, -0.1) is 0 Å². The van der Waals surface area contributed by atoms with Gasteiger partial charge in [0.15, 0.2) is 0 Å². The van der Waals surface area contributed by atoms with Crippen molar-refractivity contribution < 1.29 is 14.3 Å². The average molecular weight is 422 g/mol. The first-order valence-corrected chi connectivity index (χ1v) is 11.0. The molecule has 4 rings (SSSR count). The largest absolute Gasteiger partial charge is 0.497 e. The van der Waals surface area contributed by atoms with Crippen molar-refractivity contribution in [1.29, 1.82) is 0 Å². The van der Waals surface area contributed by atoms with Gasteiger partial charge in [0, 0.05) is 18.7 Å². The van der Waals surface area contributed by atoms with Crippen LogP contribution in [0.5, 0.6) is 11.5 Å². The van der Waals surface area contributed by atoms with Crippen LogP contribution in [0.25, 0.3) is 0 Å². The first-order valence-electron chi connectivity index (χ1n) is 11.0. The summed E-state index contributed by atoms with van der Waals surface area (Å²) in [7, 11) is 3.33. The van der Waals surface area contributed by atoms with E-state index in [4.69, 9.17) is 9.47 Å². The molecule has 0 aliphatic carbocycles. The zero-order valence-electron chi connectivity index (χ0n) is 18.4. The van der Waals surface area contributed by atoms with Gasteiger partial charge in [-0.25, -0.2) is 0 Å². The molecular weight excluding hydrogens is 390 g/mol. The lowest BCUT2D eigenvalue weighted by molar-refractivity contribution is -0.115. The number of rotatable bonds is 8. The summed E-state index contributed by atoms with van der Waals surface area (Å²) in [6.07, 6.45) is 3.27. The molecule has 164 valence electrons. The number of likely N-dealkylation sites (tertiary alicyclic amines) is 1. The Morgan fingerprint density at radius 3 is 2.48 bits per heavy atom. The van der Waals surface area contributed by atoms with E-state index in [1.54, 1.807) is 14.2 Å². The summed E-state index contributed by atoms with van der Waals surface area (Å²) < 4.78 is 10.5. The summed E-state index contributed by atoms with van der Waals surface area (Å²) in [6.45, 7) is 4.51. The van der Waals surface area contributed by atoms with Crippen LogP contribution in [0.1, 0.15) is 29.5 Å². The third-order valence-corrected chi connectivity index (χ3v) is 6.33. The summed E-state index contributed by atoms with van der Waals surface area (Å²) in [5.74, 6) is 2.10. The van der Waals surface area contributed by atoms with Crippen molar-refractivity contribution >= 4 is 11.6 Å². The molecule has 0 bridgehead atoms. The Labute approximate surface area is 184 Å². The molecule has 1 fully saturated rings. The number of carbonyl (C=O) groups is 1. The molecule has 0 unspecified atom stereocenters. The average Bonchev–Trinajstić information content (AvgIpc) is 3.25. The van der Waals surface area contributed by atoms with E-state index >= 15 is 0 Å². The molecule has 1 amide bonds. The second-order valence-electron chi connectivity index (χ2n) is 8.28. The molecule has 0 radical (unpaired) electrons. The van der Waals surface area contributed by atoms with Crippen LogP contribution in [0.2, 0.25) is 0 Å². The van der Waals surface area contributed by atoms with Crippen molar-refractivity contribution in [2.24, 2.45) is 10.9 Å². The minimum Gasteiger partial charge on any atom is -0.497 e. The second-order valence-corrected chi connectivity index (χ2v) is 8.28. The predicted molar refractivity (Wildman–Crippen MR) is 122 cm³/mol. The molecule has 6 nitrogen and oxygen atoms in total. The fourth-order valence-electron chi connectivity index (χ4n) is 4.30. The number of ether oxygens (including phenoxy) is 2. The number of nitrogens with one attached hydrogen (secondary N) is 1. The van der Waals surface area contributed by atoms with E-state index in [1.165, 1.54) is 5.56 Å². The van der Waals surface area contributed by atoms with Gasteiger partial charge in [-0.05, 0) is 73.7 Å². The Morgan fingerprint density at radius 1 is 1.06 bits per heavy atom. The van der Waals surface area contributed by atoms with Crippen molar-refractivity contribution in [3.8, 4) is 11.5 Å². The summed E-state index contributed by atoms with van der Waals surface area (Å²) in [6, 6.07) is 14.1. The number of hydrogen-bond acceptors (Lipinski definition) is 5. The topological polar surface area (TPSA) is 63.2 Å². The monoisotopic (exact) mass is 421 g/mol. The van der Waals surface area contributed by atoms with Crippen LogP contribution < -0.4 is 14.8 Å². The van der Waals surface area contributed by atoms with Crippen LogP contribution in [0.4, 0.5) is 0 Å². The van der Waals surface area contributed by atoms with Crippen LogP contribution in [0.3, 0.4) is 0 Å². The van der Waals surface area contributed by atoms with Gasteiger partial charge >= 0.3 is 0 Å². The molecule has 1 saturated heterocycles. The zero-order valence-corrected chi connectivity index (χ0v) is 18.4. The molecule has 0 spiro atoms. The summed E-state index contributed by atoms with van der Waals surface area (Å²) in [5, 5.41) is 3.12.